The van der Waals surface area contributed by atoms with Crippen LogP contribution in [0.25, 0.3) is 0 Å². The van der Waals surface area contributed by atoms with E-state index in [1.807, 2.05) is 18.6 Å². The van der Waals surface area contributed by atoms with E-state index in [1.165, 1.54) is 12.1 Å². The summed E-state index contributed by atoms with van der Waals surface area (Å²) in [6.45, 7) is 5.60. The van der Waals surface area contributed by atoms with Crippen molar-refractivity contribution in [3.63, 3.8) is 0 Å². The van der Waals surface area contributed by atoms with Crippen molar-refractivity contribution in [2.45, 2.75) is 39.0 Å². The van der Waals surface area contributed by atoms with E-state index < -0.39 is 16.1 Å². The van der Waals surface area contributed by atoms with E-state index in [0.717, 1.165) is 11.8 Å². The third-order valence-electron chi connectivity index (χ3n) is 5.83. The van der Waals surface area contributed by atoms with Gasteiger partial charge in [-0.05, 0) is 49.7 Å². The molecule has 1 aliphatic heterocycles. The SMILES string of the molecule is CC1CN(C(=O)COc2ccc(Cl)cc2CNC(=O)NS(C)(=O)=O)C(C)CN1Cc1ccc(F)cc1. The van der Waals surface area contributed by atoms with Gasteiger partial charge in [0, 0.05) is 48.8 Å². The summed E-state index contributed by atoms with van der Waals surface area (Å²) in [6.07, 6.45) is 0.872. The number of hydrogen-bond acceptors (Lipinski definition) is 6. The van der Waals surface area contributed by atoms with Crippen LogP contribution in [0, 0.1) is 5.82 Å². The molecule has 36 heavy (non-hydrogen) atoms. The zero-order chi connectivity index (χ0) is 26.5. The van der Waals surface area contributed by atoms with Crippen molar-refractivity contribution in [2.75, 3.05) is 26.0 Å². The highest BCUT2D eigenvalue weighted by Crippen LogP contribution is 2.24. The maximum absolute atomic E-state index is 13.2. The van der Waals surface area contributed by atoms with Gasteiger partial charge < -0.3 is 15.0 Å². The van der Waals surface area contributed by atoms with Gasteiger partial charge in [-0.3, -0.25) is 9.69 Å². The van der Waals surface area contributed by atoms with Gasteiger partial charge in [0.25, 0.3) is 5.91 Å². The maximum Gasteiger partial charge on any atom is 0.328 e. The van der Waals surface area contributed by atoms with E-state index in [0.29, 0.717) is 36.0 Å². The summed E-state index contributed by atoms with van der Waals surface area (Å²) in [6, 6.07) is 10.3. The standard InChI is InChI=1S/C24H30ClFN4O5S/c1-16-13-30(17(2)12-29(16)14-18-4-7-21(26)8-5-18)23(31)15-35-22-9-6-20(25)10-19(22)11-27-24(32)28-36(3,33)34/h4-10,16-17H,11-15H2,1-3H3,(H2,27,28,32). The largest absolute Gasteiger partial charge is 0.483 e. The Labute approximate surface area is 215 Å². The Bertz CT molecular complexity index is 1200. The van der Waals surface area contributed by atoms with Crippen LogP contribution in [-0.2, 0) is 27.9 Å². The third-order valence-corrected chi connectivity index (χ3v) is 6.62. The molecule has 2 unspecified atom stereocenters. The Morgan fingerprint density at radius 2 is 1.81 bits per heavy atom. The Kier molecular flexibility index (Phi) is 9.15. The molecule has 0 saturated carbocycles. The predicted molar refractivity (Wildman–Crippen MR) is 135 cm³/mol. The van der Waals surface area contributed by atoms with E-state index in [1.54, 1.807) is 35.2 Å². The van der Waals surface area contributed by atoms with Crippen molar-refractivity contribution in [3.8, 4) is 5.75 Å². The number of carbonyl (C=O) groups excluding carboxylic acids is 2. The third kappa shape index (κ3) is 8.07. The van der Waals surface area contributed by atoms with Gasteiger partial charge in [0.05, 0.1) is 6.26 Å². The molecule has 12 heteroatoms. The van der Waals surface area contributed by atoms with Crippen LogP contribution in [0.5, 0.6) is 5.75 Å². The second kappa shape index (κ2) is 11.9. The summed E-state index contributed by atoms with van der Waals surface area (Å²) in [4.78, 5) is 28.8. The van der Waals surface area contributed by atoms with Crippen LogP contribution in [0.15, 0.2) is 42.5 Å². The molecule has 2 aromatic carbocycles. The van der Waals surface area contributed by atoms with Crippen molar-refractivity contribution < 1.29 is 27.1 Å². The lowest BCUT2D eigenvalue weighted by Crippen LogP contribution is -2.58. The molecular formula is C24H30ClFN4O5S. The molecule has 0 aromatic heterocycles. The molecule has 2 atom stereocenters. The van der Waals surface area contributed by atoms with Gasteiger partial charge >= 0.3 is 6.03 Å². The van der Waals surface area contributed by atoms with Crippen molar-refractivity contribution >= 4 is 33.6 Å². The zero-order valence-electron chi connectivity index (χ0n) is 20.3. The number of amides is 3. The lowest BCUT2D eigenvalue weighted by atomic mass is 10.1. The van der Waals surface area contributed by atoms with Gasteiger partial charge in [0.15, 0.2) is 6.61 Å². The van der Waals surface area contributed by atoms with Crippen LogP contribution in [0.1, 0.15) is 25.0 Å². The number of piperazine rings is 1. The first-order valence-electron chi connectivity index (χ1n) is 11.4. The average Bonchev–Trinajstić information content (AvgIpc) is 2.79. The molecule has 0 spiro atoms. The summed E-state index contributed by atoms with van der Waals surface area (Å²) >= 11 is 6.06. The smallest absolute Gasteiger partial charge is 0.328 e. The highest BCUT2D eigenvalue weighted by molar-refractivity contribution is 7.89. The van der Waals surface area contributed by atoms with Crippen molar-refractivity contribution in [3.05, 3.63) is 64.4 Å². The lowest BCUT2D eigenvalue weighted by Gasteiger charge is -2.44. The minimum atomic E-state index is -3.70. The first kappa shape index (κ1) is 27.7. The first-order valence-corrected chi connectivity index (χ1v) is 13.6. The van der Waals surface area contributed by atoms with E-state index in [4.69, 9.17) is 16.3 Å². The van der Waals surface area contributed by atoms with Crippen molar-refractivity contribution in [1.29, 1.82) is 0 Å². The summed E-state index contributed by atoms with van der Waals surface area (Å²) in [7, 11) is -3.70. The summed E-state index contributed by atoms with van der Waals surface area (Å²) in [5, 5.41) is 2.82. The van der Waals surface area contributed by atoms with Gasteiger partial charge in [0.1, 0.15) is 11.6 Å². The lowest BCUT2D eigenvalue weighted by molar-refractivity contribution is -0.139. The number of carbonyl (C=O) groups is 2. The van der Waals surface area contributed by atoms with Crippen LogP contribution in [0.4, 0.5) is 9.18 Å². The van der Waals surface area contributed by atoms with E-state index >= 15 is 0 Å². The second-order valence-electron chi connectivity index (χ2n) is 8.90. The molecule has 9 nitrogen and oxygen atoms in total. The molecule has 3 rings (SSSR count). The van der Waals surface area contributed by atoms with Crippen molar-refractivity contribution in [1.82, 2.24) is 19.8 Å². The second-order valence-corrected chi connectivity index (χ2v) is 11.1. The Balaban J connectivity index is 1.57. The molecule has 0 radical (unpaired) electrons. The quantitative estimate of drug-likeness (QED) is 0.533. The first-order chi connectivity index (χ1) is 16.9. The number of sulfonamides is 1. The van der Waals surface area contributed by atoms with E-state index in [9.17, 15) is 22.4 Å². The van der Waals surface area contributed by atoms with E-state index in [2.05, 4.69) is 10.2 Å². The van der Waals surface area contributed by atoms with Gasteiger partial charge in [0.2, 0.25) is 10.0 Å². The normalized spacial score (nSPS) is 18.5. The molecule has 2 aromatic rings. The van der Waals surface area contributed by atoms with Gasteiger partial charge in [-0.1, -0.05) is 23.7 Å². The average molecular weight is 541 g/mol. The predicted octanol–water partition coefficient (Wildman–Crippen LogP) is 2.74. The number of hydrogen-bond donors (Lipinski definition) is 2. The summed E-state index contributed by atoms with van der Waals surface area (Å²) < 4.78 is 43.2. The van der Waals surface area contributed by atoms with Crippen molar-refractivity contribution in [2.24, 2.45) is 0 Å². The number of ether oxygens (including phenoxy) is 1. The topological polar surface area (TPSA) is 108 Å². The van der Waals surface area contributed by atoms with Crippen LogP contribution in [0.3, 0.4) is 0 Å². The van der Waals surface area contributed by atoms with Gasteiger partial charge in [-0.25, -0.2) is 22.3 Å². The fraction of sp³-hybridized carbons (Fsp3) is 0.417. The number of halogens is 2. The van der Waals surface area contributed by atoms with Crippen LogP contribution < -0.4 is 14.8 Å². The number of nitrogens with one attached hydrogen (secondary N) is 2. The Morgan fingerprint density at radius 1 is 1.11 bits per heavy atom. The maximum atomic E-state index is 13.2. The summed E-state index contributed by atoms with van der Waals surface area (Å²) in [5.74, 6) is -0.102. The summed E-state index contributed by atoms with van der Waals surface area (Å²) in [5.41, 5.74) is 1.50. The van der Waals surface area contributed by atoms with Gasteiger partial charge in [-0.2, -0.15) is 0 Å². The zero-order valence-corrected chi connectivity index (χ0v) is 21.9. The number of nitrogens with zero attached hydrogens (tertiary/aromatic N) is 2. The highest BCUT2D eigenvalue weighted by atomic mass is 35.5. The fourth-order valence-electron chi connectivity index (χ4n) is 4.02. The highest BCUT2D eigenvalue weighted by Gasteiger charge is 2.32. The monoisotopic (exact) mass is 540 g/mol. The molecule has 1 saturated heterocycles. The minimum Gasteiger partial charge on any atom is -0.483 e. The van der Waals surface area contributed by atoms with Gasteiger partial charge in [-0.15, -0.1) is 0 Å². The molecule has 0 bridgehead atoms. The molecule has 1 aliphatic rings. The number of benzene rings is 2. The molecule has 2 N–H and O–H groups in total. The number of urea groups is 1. The molecule has 1 fully saturated rings. The molecular weight excluding hydrogens is 511 g/mol. The van der Waals surface area contributed by atoms with Crippen LogP contribution >= 0.6 is 11.6 Å². The molecule has 3 amide bonds. The fourth-order valence-corrected chi connectivity index (χ4v) is 4.62. The minimum absolute atomic E-state index is 0.0520. The Hall–Kier alpha value is -2.89. The molecule has 1 heterocycles. The Morgan fingerprint density at radius 3 is 2.47 bits per heavy atom. The molecule has 196 valence electrons. The number of rotatable bonds is 8. The molecule has 0 aliphatic carbocycles. The van der Waals surface area contributed by atoms with Crippen LogP contribution in [-0.4, -0.2) is 68.2 Å². The van der Waals surface area contributed by atoms with E-state index in [-0.39, 0.29) is 37.0 Å². The van der Waals surface area contributed by atoms with Crippen LogP contribution in [0.2, 0.25) is 5.02 Å².